The summed E-state index contributed by atoms with van der Waals surface area (Å²) in [4.78, 5) is 24.8. The van der Waals surface area contributed by atoms with Gasteiger partial charge in [-0.15, -0.1) is 6.58 Å². The maximum Gasteiger partial charge on any atom is 0.460 e. The molecule has 65 heavy (non-hydrogen) atoms. The smallest absolute Gasteiger partial charge is 0.460 e. The molecule has 0 bridgehead atoms. The van der Waals surface area contributed by atoms with Crippen LogP contribution in [-0.2, 0) is 19.1 Å². The lowest BCUT2D eigenvalue weighted by molar-refractivity contribution is -0.461. The molecule has 0 aromatic rings. The van der Waals surface area contributed by atoms with E-state index in [9.17, 15) is 159 Å². The van der Waals surface area contributed by atoms with Gasteiger partial charge < -0.3 is 9.47 Å². The van der Waals surface area contributed by atoms with Gasteiger partial charge in [-0.05, 0) is 6.42 Å². The zero-order valence-corrected chi connectivity index (χ0v) is 29.4. The predicted molar refractivity (Wildman–Crippen MR) is 133 cm³/mol. The van der Waals surface area contributed by atoms with Gasteiger partial charge in [-0.3, -0.25) is 9.59 Å². The molecule has 0 radical (unpaired) electrons. The van der Waals surface area contributed by atoms with E-state index in [2.05, 4.69) is 16.1 Å². The lowest BCUT2D eigenvalue weighted by atomic mass is 9.88. The van der Waals surface area contributed by atoms with Crippen LogP contribution in [-0.4, -0.2) is 120 Å². The fraction of sp³-hybridized carbons (Fsp3) is 0.852. The van der Waals surface area contributed by atoms with E-state index in [1.165, 1.54) is 0 Å². The Hall–Kier alpha value is -3.70. The summed E-state index contributed by atoms with van der Waals surface area (Å²) in [5.41, 5.74) is -3.42. The summed E-state index contributed by atoms with van der Waals surface area (Å²) in [5.74, 6) is -127. The van der Waals surface area contributed by atoms with Gasteiger partial charge in [-0.1, -0.05) is 6.08 Å². The van der Waals surface area contributed by atoms with Crippen molar-refractivity contribution in [1.29, 1.82) is 0 Å². The maximum atomic E-state index is 14.1. The molecule has 0 aromatic heterocycles. The monoisotopic (exact) mass is 1050 g/mol. The molecule has 0 N–H and O–H groups in total. The Labute approximate surface area is 333 Å². The second kappa shape index (κ2) is 16.0. The Balaban J connectivity index is 3.34. The van der Waals surface area contributed by atoms with Crippen LogP contribution in [0.5, 0.6) is 0 Å². The number of rotatable bonds is 21. The number of alkyl halides is 34. The Kier molecular flexibility index (Phi) is 14.6. The van der Waals surface area contributed by atoms with Crippen LogP contribution in [0.4, 0.5) is 149 Å². The van der Waals surface area contributed by atoms with Gasteiger partial charge in [0.25, 0.3) is 0 Å². The van der Waals surface area contributed by atoms with Crippen molar-refractivity contribution in [3.05, 3.63) is 12.7 Å². The van der Waals surface area contributed by atoms with E-state index in [4.69, 9.17) is 0 Å². The first kappa shape index (κ1) is 59.3. The highest BCUT2D eigenvalue weighted by Gasteiger charge is 2.97. The van der Waals surface area contributed by atoms with Crippen molar-refractivity contribution in [2.45, 2.75) is 115 Å². The Morgan fingerprint density at radius 3 is 0.769 bits per heavy atom. The topological polar surface area (TPSA) is 52.6 Å². The second-order valence-electron chi connectivity index (χ2n) is 13.1. The number of hydrogen-bond donors (Lipinski definition) is 0. The molecular formula is C27H14F34O4. The summed E-state index contributed by atoms with van der Waals surface area (Å²) in [7, 11) is 0. The van der Waals surface area contributed by atoms with Gasteiger partial charge in [-0.2, -0.15) is 149 Å². The second-order valence-corrected chi connectivity index (χ2v) is 13.1. The molecule has 1 saturated carbocycles. The van der Waals surface area contributed by atoms with Crippen LogP contribution >= 0.6 is 0 Å². The third-order valence-corrected chi connectivity index (χ3v) is 8.90. The minimum absolute atomic E-state index is 0.315. The predicted octanol–water partition coefficient (Wildman–Crippen LogP) is 12.1. The number of esters is 2. The van der Waals surface area contributed by atoms with E-state index in [0.717, 1.165) is 0 Å². The maximum absolute atomic E-state index is 14.1. The first-order chi connectivity index (χ1) is 27.9. The molecule has 1 rings (SSSR count). The largest absolute Gasteiger partial charge is 0.465 e. The molecule has 1 aliphatic rings. The molecule has 0 aliphatic heterocycles. The van der Waals surface area contributed by atoms with E-state index in [0.29, 0.717) is 6.08 Å². The van der Waals surface area contributed by atoms with Crippen LogP contribution in [0, 0.1) is 11.3 Å². The van der Waals surface area contributed by atoms with E-state index in [-0.39, 0.29) is 0 Å². The van der Waals surface area contributed by atoms with Crippen molar-refractivity contribution in [1.82, 2.24) is 0 Å². The molecule has 38 heteroatoms. The highest BCUT2D eigenvalue weighted by Crippen LogP contribution is 2.66. The molecule has 0 saturated heterocycles. The minimum Gasteiger partial charge on any atom is -0.465 e. The van der Waals surface area contributed by atoms with Gasteiger partial charge in [0.15, 0.2) is 5.41 Å². The standard InChI is InChI=1S/C27H14F34O4/c1-2-8-7-11(8,9(62)64-5-3-12(28,29)14(32,33)16(36,37)18(40,41)20(44,45)22(48,49)24(52,53)26(56,57)58)10(63)65-6-4-13(30,31)15(34,35)17(38,39)19(42,43)21(46,47)23(50,51)25(54,55)27(59,60)61/h2,8H,1,3-7H2. The van der Waals surface area contributed by atoms with Crippen LogP contribution in [0.1, 0.15) is 19.3 Å². The van der Waals surface area contributed by atoms with Crippen LogP contribution < -0.4 is 0 Å². The fourth-order valence-corrected chi connectivity index (χ4v) is 4.63. The quantitative estimate of drug-likeness (QED) is 0.0497. The number of hydrogen-bond acceptors (Lipinski definition) is 4. The third-order valence-electron chi connectivity index (χ3n) is 8.90. The number of ether oxygens (including phenoxy) is 2. The number of carbonyl (C=O) groups excluding carboxylic acids is 2. The van der Waals surface area contributed by atoms with E-state index in [1.54, 1.807) is 0 Å². The number of carbonyl (C=O) groups is 2. The summed E-state index contributed by atoms with van der Waals surface area (Å²) in [6.07, 6.45) is -24.1. The Morgan fingerprint density at radius 1 is 0.385 bits per heavy atom. The molecule has 0 heterocycles. The van der Waals surface area contributed by atoms with Gasteiger partial charge in [-0.25, -0.2) is 0 Å². The van der Waals surface area contributed by atoms with Crippen molar-refractivity contribution in [2.24, 2.45) is 11.3 Å². The highest BCUT2D eigenvalue weighted by atomic mass is 19.4. The molecule has 1 atom stereocenters. The average molecular weight is 1050 g/mol. The minimum atomic E-state index is -9.04. The zero-order chi connectivity index (χ0) is 52.9. The lowest BCUT2D eigenvalue weighted by Crippen LogP contribution is -2.74. The van der Waals surface area contributed by atoms with E-state index < -0.39 is 151 Å². The summed E-state index contributed by atoms with van der Waals surface area (Å²) < 4.78 is 464. The van der Waals surface area contributed by atoms with Crippen LogP contribution in [0.2, 0.25) is 0 Å². The van der Waals surface area contributed by atoms with Crippen molar-refractivity contribution in [2.75, 3.05) is 13.2 Å². The highest BCUT2D eigenvalue weighted by molar-refractivity contribution is 6.04. The molecule has 1 unspecified atom stereocenters. The van der Waals surface area contributed by atoms with Crippen LogP contribution in [0.3, 0.4) is 0 Å². The molecule has 0 aromatic carbocycles. The summed E-state index contributed by atoms with van der Waals surface area (Å²) in [6, 6.07) is 0. The normalized spacial score (nSPS) is 18.6. The van der Waals surface area contributed by atoms with Crippen molar-refractivity contribution in [3.8, 4) is 0 Å². The van der Waals surface area contributed by atoms with Gasteiger partial charge in [0.1, 0.15) is 0 Å². The molecule has 1 fully saturated rings. The molecule has 0 amide bonds. The summed E-state index contributed by atoms with van der Waals surface area (Å²) in [6.45, 7) is -2.74. The fourth-order valence-electron chi connectivity index (χ4n) is 4.63. The number of allylic oxidation sites excluding steroid dienone is 1. The lowest BCUT2D eigenvalue weighted by Gasteiger charge is -2.42. The van der Waals surface area contributed by atoms with Crippen molar-refractivity contribution in [3.63, 3.8) is 0 Å². The van der Waals surface area contributed by atoms with Gasteiger partial charge in [0.2, 0.25) is 0 Å². The number of halogens is 34. The molecule has 0 spiro atoms. The van der Waals surface area contributed by atoms with Crippen LogP contribution in [0.25, 0.3) is 0 Å². The summed E-state index contributed by atoms with van der Waals surface area (Å²) in [5, 5.41) is 0. The van der Waals surface area contributed by atoms with Crippen molar-refractivity contribution >= 4 is 11.9 Å². The van der Waals surface area contributed by atoms with Gasteiger partial charge in [0, 0.05) is 5.92 Å². The summed E-state index contributed by atoms with van der Waals surface area (Å²) >= 11 is 0. The zero-order valence-electron chi connectivity index (χ0n) is 29.4. The molecule has 4 nitrogen and oxygen atoms in total. The Morgan fingerprint density at radius 2 is 0.585 bits per heavy atom. The first-order valence-electron chi connectivity index (χ1n) is 15.3. The Bertz CT molecular complexity index is 1650. The first-order valence-corrected chi connectivity index (χ1v) is 15.3. The van der Waals surface area contributed by atoms with Gasteiger partial charge >= 0.3 is 107 Å². The van der Waals surface area contributed by atoms with Crippen LogP contribution in [0.15, 0.2) is 12.7 Å². The average Bonchev–Trinajstić information content (AvgIpc) is 3.85. The van der Waals surface area contributed by atoms with Gasteiger partial charge in [0.05, 0.1) is 26.1 Å². The third kappa shape index (κ3) is 8.08. The van der Waals surface area contributed by atoms with E-state index in [1.807, 2.05) is 0 Å². The van der Waals surface area contributed by atoms with E-state index >= 15 is 0 Å². The van der Waals surface area contributed by atoms with Crippen molar-refractivity contribution < 1.29 is 168 Å². The molecule has 1 aliphatic carbocycles. The SMILES string of the molecule is C=CC1CC1(C(=O)OCCC(F)(F)C(F)(F)C(F)(F)C(F)(F)C(F)(F)C(F)(F)C(F)(F)C(F)(F)F)C(=O)OCCC(F)(F)C(F)(F)C(F)(F)C(F)(F)C(F)(F)C(F)(F)C(F)(F)C(F)(F)F. The molecular weight excluding hydrogens is 1030 g/mol. The molecule has 384 valence electrons.